The number of amides is 2. The molecule has 0 atom stereocenters. The summed E-state index contributed by atoms with van der Waals surface area (Å²) in [4.78, 5) is 26.9. The number of aromatic nitrogens is 1. The molecule has 6 nitrogen and oxygen atoms in total. The van der Waals surface area contributed by atoms with Gasteiger partial charge in [-0.3, -0.25) is 9.59 Å². The first-order chi connectivity index (χ1) is 15.3. The zero-order chi connectivity index (χ0) is 24.4. The molecule has 1 aliphatic carbocycles. The zero-order valence-electron chi connectivity index (χ0n) is 21.2. The molecule has 2 amide bonds. The minimum atomic E-state index is -0.909. The van der Waals surface area contributed by atoms with Crippen LogP contribution in [0.2, 0.25) is 0 Å². The van der Waals surface area contributed by atoms with E-state index in [0.29, 0.717) is 29.9 Å². The number of aryl methyl sites for hydroxylation is 1. The highest BCUT2D eigenvalue weighted by Gasteiger charge is 2.41. The van der Waals surface area contributed by atoms with Crippen molar-refractivity contribution >= 4 is 11.8 Å². The molecule has 1 aromatic heterocycles. The summed E-state index contributed by atoms with van der Waals surface area (Å²) in [6.45, 7) is 15.0. The molecule has 3 rings (SSSR count). The summed E-state index contributed by atoms with van der Waals surface area (Å²) in [5.74, 6) is 0.355. The highest BCUT2D eigenvalue weighted by atomic mass is 16.5. The van der Waals surface area contributed by atoms with Crippen molar-refractivity contribution in [2.45, 2.75) is 103 Å². The first-order valence-corrected chi connectivity index (χ1v) is 12.0. The van der Waals surface area contributed by atoms with E-state index in [9.17, 15) is 9.59 Å². The van der Waals surface area contributed by atoms with Crippen molar-refractivity contribution in [3.63, 3.8) is 0 Å². The molecular weight excluding hydrogens is 414 g/mol. The maximum Gasteiger partial charge on any atom is 0.252 e. The molecule has 0 aliphatic heterocycles. The quantitative estimate of drug-likeness (QED) is 0.641. The number of hydrogen-bond acceptors (Lipinski definition) is 4. The standard InChI is InChI=1S/C27H39N3O3/c1-18-13-22(30-33-18)17-28-24(32)27(11-9-8-10-12-27)29-23(31)19-14-20(25(2,3)4)16-21(15-19)26(5,6)7/h13-16H,8-12,17H2,1-7H3,(H,28,32)(H,29,31). The smallest absolute Gasteiger partial charge is 0.252 e. The largest absolute Gasteiger partial charge is 0.361 e. The van der Waals surface area contributed by atoms with Gasteiger partial charge < -0.3 is 15.2 Å². The van der Waals surface area contributed by atoms with Gasteiger partial charge >= 0.3 is 0 Å². The Bertz CT molecular complexity index is 970. The van der Waals surface area contributed by atoms with E-state index in [4.69, 9.17) is 4.52 Å². The minimum Gasteiger partial charge on any atom is -0.361 e. The van der Waals surface area contributed by atoms with Gasteiger partial charge in [0.1, 0.15) is 17.0 Å². The lowest BCUT2D eigenvalue weighted by Gasteiger charge is -2.37. The van der Waals surface area contributed by atoms with Crippen LogP contribution in [0.4, 0.5) is 0 Å². The molecule has 1 saturated carbocycles. The lowest BCUT2D eigenvalue weighted by atomic mass is 9.78. The van der Waals surface area contributed by atoms with Gasteiger partial charge in [0.15, 0.2) is 0 Å². The number of nitrogens with zero attached hydrogens (tertiary/aromatic N) is 1. The molecule has 0 bridgehead atoms. The summed E-state index contributed by atoms with van der Waals surface area (Å²) in [5, 5.41) is 10.1. The number of carbonyl (C=O) groups is 2. The fourth-order valence-electron chi connectivity index (χ4n) is 4.32. The molecule has 180 valence electrons. The van der Waals surface area contributed by atoms with Gasteiger partial charge in [0.25, 0.3) is 5.91 Å². The van der Waals surface area contributed by atoms with Crippen LogP contribution in [0.25, 0.3) is 0 Å². The van der Waals surface area contributed by atoms with Crippen LogP contribution in [0.3, 0.4) is 0 Å². The van der Waals surface area contributed by atoms with Crippen molar-refractivity contribution in [1.29, 1.82) is 0 Å². The van der Waals surface area contributed by atoms with Crippen molar-refractivity contribution in [1.82, 2.24) is 15.8 Å². The monoisotopic (exact) mass is 453 g/mol. The van der Waals surface area contributed by atoms with Gasteiger partial charge in [0.05, 0.1) is 6.54 Å². The molecule has 1 aromatic carbocycles. The number of nitrogens with one attached hydrogen (secondary N) is 2. The highest BCUT2D eigenvalue weighted by molar-refractivity contribution is 5.99. The number of benzene rings is 1. The topological polar surface area (TPSA) is 84.2 Å². The Morgan fingerprint density at radius 3 is 2.00 bits per heavy atom. The van der Waals surface area contributed by atoms with Gasteiger partial charge in [-0.05, 0) is 53.9 Å². The Morgan fingerprint density at radius 1 is 0.939 bits per heavy atom. The van der Waals surface area contributed by atoms with Gasteiger partial charge in [0, 0.05) is 11.6 Å². The predicted octanol–water partition coefficient (Wildman–Crippen LogP) is 5.33. The molecule has 1 aliphatic rings. The Morgan fingerprint density at radius 2 is 1.52 bits per heavy atom. The second-order valence-electron chi connectivity index (χ2n) is 11.5. The summed E-state index contributed by atoms with van der Waals surface area (Å²) in [7, 11) is 0. The summed E-state index contributed by atoms with van der Waals surface area (Å²) in [6, 6.07) is 7.94. The van der Waals surface area contributed by atoms with E-state index in [0.717, 1.165) is 30.4 Å². The molecule has 1 heterocycles. The maximum absolute atomic E-state index is 13.5. The van der Waals surface area contributed by atoms with Crippen LogP contribution in [0, 0.1) is 6.92 Å². The van der Waals surface area contributed by atoms with Gasteiger partial charge in [0.2, 0.25) is 5.91 Å². The van der Waals surface area contributed by atoms with Gasteiger partial charge in [-0.15, -0.1) is 0 Å². The highest BCUT2D eigenvalue weighted by Crippen LogP contribution is 2.32. The van der Waals surface area contributed by atoms with E-state index in [2.05, 4.69) is 63.4 Å². The number of carbonyl (C=O) groups excluding carboxylic acids is 2. The third kappa shape index (κ3) is 6.04. The maximum atomic E-state index is 13.5. The molecule has 33 heavy (non-hydrogen) atoms. The summed E-state index contributed by atoms with van der Waals surface area (Å²) < 4.78 is 5.10. The van der Waals surface area contributed by atoms with Crippen molar-refractivity contribution in [2.75, 3.05) is 0 Å². The molecule has 0 saturated heterocycles. The van der Waals surface area contributed by atoms with Crippen LogP contribution in [-0.2, 0) is 22.2 Å². The predicted molar refractivity (Wildman–Crippen MR) is 130 cm³/mol. The van der Waals surface area contributed by atoms with E-state index in [-0.39, 0.29) is 29.2 Å². The van der Waals surface area contributed by atoms with Crippen LogP contribution in [0.1, 0.15) is 107 Å². The van der Waals surface area contributed by atoms with Crippen molar-refractivity contribution in [2.24, 2.45) is 0 Å². The molecule has 1 fully saturated rings. The molecule has 2 N–H and O–H groups in total. The SMILES string of the molecule is Cc1cc(CNC(=O)C2(NC(=O)c3cc(C(C)(C)C)cc(C(C)(C)C)c3)CCCCC2)no1. The molecule has 0 radical (unpaired) electrons. The summed E-state index contributed by atoms with van der Waals surface area (Å²) in [6.07, 6.45) is 4.15. The lowest BCUT2D eigenvalue weighted by molar-refractivity contribution is -0.128. The van der Waals surface area contributed by atoms with E-state index in [1.807, 2.05) is 19.1 Å². The van der Waals surface area contributed by atoms with Crippen molar-refractivity contribution in [3.05, 3.63) is 52.4 Å². The van der Waals surface area contributed by atoms with Crippen LogP contribution in [-0.4, -0.2) is 22.5 Å². The van der Waals surface area contributed by atoms with Gasteiger partial charge in [-0.2, -0.15) is 0 Å². The van der Waals surface area contributed by atoms with Crippen LogP contribution in [0.5, 0.6) is 0 Å². The van der Waals surface area contributed by atoms with Crippen molar-refractivity contribution < 1.29 is 14.1 Å². The van der Waals surface area contributed by atoms with Gasteiger partial charge in [-0.1, -0.05) is 72.0 Å². The Kier molecular flexibility index (Phi) is 7.06. The second kappa shape index (κ2) is 9.32. The third-order valence-corrected chi connectivity index (χ3v) is 6.53. The zero-order valence-corrected chi connectivity index (χ0v) is 21.2. The normalized spacial score (nSPS) is 16.3. The Balaban J connectivity index is 1.87. The Labute approximate surface area is 197 Å². The molecule has 0 unspecified atom stereocenters. The summed E-state index contributed by atoms with van der Waals surface area (Å²) >= 11 is 0. The average molecular weight is 454 g/mol. The number of rotatable bonds is 5. The summed E-state index contributed by atoms with van der Waals surface area (Å²) in [5.41, 5.74) is 2.42. The molecular formula is C27H39N3O3. The fraction of sp³-hybridized carbons (Fsp3) is 0.593. The van der Waals surface area contributed by atoms with Crippen LogP contribution < -0.4 is 10.6 Å². The van der Waals surface area contributed by atoms with E-state index < -0.39 is 5.54 Å². The van der Waals surface area contributed by atoms with E-state index >= 15 is 0 Å². The molecule has 2 aromatic rings. The van der Waals surface area contributed by atoms with Crippen molar-refractivity contribution in [3.8, 4) is 0 Å². The fourth-order valence-corrected chi connectivity index (χ4v) is 4.32. The van der Waals surface area contributed by atoms with Crippen LogP contribution in [0.15, 0.2) is 28.8 Å². The minimum absolute atomic E-state index is 0.0914. The first kappa shape index (κ1) is 25.0. The number of hydrogen-bond donors (Lipinski definition) is 2. The molecule has 6 heteroatoms. The van der Waals surface area contributed by atoms with Crippen LogP contribution >= 0.6 is 0 Å². The third-order valence-electron chi connectivity index (χ3n) is 6.53. The lowest BCUT2D eigenvalue weighted by Crippen LogP contribution is -2.59. The average Bonchev–Trinajstić information content (AvgIpc) is 3.16. The first-order valence-electron chi connectivity index (χ1n) is 12.0. The van der Waals surface area contributed by atoms with E-state index in [1.165, 1.54) is 0 Å². The van der Waals surface area contributed by atoms with E-state index in [1.54, 1.807) is 6.07 Å². The Hall–Kier alpha value is -2.63. The second-order valence-corrected chi connectivity index (χ2v) is 11.5. The van der Waals surface area contributed by atoms with Gasteiger partial charge in [-0.25, -0.2) is 0 Å². The molecule has 0 spiro atoms.